The Labute approximate surface area is 184 Å². The lowest BCUT2D eigenvalue weighted by Gasteiger charge is -2.49. The summed E-state index contributed by atoms with van der Waals surface area (Å²) in [6, 6.07) is -0.953. The van der Waals surface area contributed by atoms with Crippen LogP contribution in [0.1, 0.15) is 12.6 Å². The van der Waals surface area contributed by atoms with Gasteiger partial charge in [0, 0.05) is 23.6 Å². The molecule has 0 unspecified atom stereocenters. The fraction of sp³-hybridized carbons (Fsp3) is 0.333. The zero-order valence-electron chi connectivity index (χ0n) is 16.3. The number of thiazole rings is 1. The van der Waals surface area contributed by atoms with E-state index in [0.717, 1.165) is 4.90 Å². The molecule has 0 saturated carbocycles. The van der Waals surface area contributed by atoms with E-state index in [2.05, 4.69) is 22.0 Å². The van der Waals surface area contributed by atoms with Gasteiger partial charge in [0.25, 0.3) is 11.8 Å². The van der Waals surface area contributed by atoms with Crippen LogP contribution in [0.4, 0.5) is 0 Å². The molecule has 1 saturated heterocycles. The summed E-state index contributed by atoms with van der Waals surface area (Å²) in [5, 5.41) is 16.9. The molecule has 1 fully saturated rings. The third-order valence-corrected chi connectivity index (χ3v) is 6.15. The minimum absolute atomic E-state index is 0.0768. The van der Waals surface area contributed by atoms with E-state index in [1.54, 1.807) is 5.38 Å². The molecule has 2 N–H and O–H groups in total. The van der Waals surface area contributed by atoms with Gasteiger partial charge in [0.15, 0.2) is 5.71 Å². The molecule has 31 heavy (non-hydrogen) atoms. The number of hydrogen-bond acceptors (Lipinski definition) is 10. The van der Waals surface area contributed by atoms with Gasteiger partial charge >= 0.3 is 11.9 Å². The van der Waals surface area contributed by atoms with E-state index in [9.17, 15) is 24.3 Å². The molecule has 2 amide bonds. The summed E-state index contributed by atoms with van der Waals surface area (Å²) < 4.78 is 4.89. The van der Waals surface area contributed by atoms with Crippen molar-refractivity contribution < 1.29 is 33.9 Å². The number of carbonyl (C=O) groups excluding carboxylic acids is 3. The lowest BCUT2D eigenvalue weighted by atomic mass is 10.0. The molecule has 2 atom stereocenters. The Hall–Kier alpha value is -3.19. The average Bonchev–Trinajstić information content (AvgIpc) is 3.26. The third-order valence-electron chi connectivity index (χ3n) is 4.22. The fourth-order valence-electron chi connectivity index (χ4n) is 2.88. The molecular weight excluding hydrogens is 448 g/mol. The number of carbonyl (C=O) groups is 4. The molecule has 1 aromatic heterocycles. The highest BCUT2D eigenvalue weighted by atomic mass is 32.2. The fourth-order valence-corrected chi connectivity index (χ4v) is 4.75. The van der Waals surface area contributed by atoms with Crippen molar-refractivity contribution >= 4 is 52.6 Å². The average molecular weight is 466 g/mol. The maximum atomic E-state index is 12.8. The summed E-state index contributed by atoms with van der Waals surface area (Å²) in [5.41, 5.74) is 1.77. The van der Waals surface area contributed by atoms with Crippen LogP contribution in [0.25, 0.3) is 0 Å². The number of amides is 2. The lowest BCUT2D eigenvalue weighted by Crippen LogP contribution is -2.71. The predicted molar refractivity (Wildman–Crippen MR) is 111 cm³/mol. The zero-order chi connectivity index (χ0) is 22.5. The first-order valence-corrected chi connectivity index (χ1v) is 10.9. The minimum atomic E-state index is -1.31. The maximum absolute atomic E-state index is 12.8. The number of nitrogens with one attached hydrogen (secondary N) is 1. The van der Waals surface area contributed by atoms with Crippen LogP contribution in [-0.4, -0.2) is 74.8 Å². The third kappa shape index (κ3) is 4.77. The van der Waals surface area contributed by atoms with E-state index in [1.807, 2.05) is 0 Å². The summed E-state index contributed by atoms with van der Waals surface area (Å²) in [6.45, 7) is 4.56. The van der Waals surface area contributed by atoms with Crippen LogP contribution in [0.15, 0.2) is 40.0 Å². The number of aromatic nitrogens is 1. The van der Waals surface area contributed by atoms with Gasteiger partial charge in [0.2, 0.25) is 0 Å². The quantitative estimate of drug-likeness (QED) is 0.131. The van der Waals surface area contributed by atoms with Crippen molar-refractivity contribution in [2.45, 2.75) is 18.3 Å². The van der Waals surface area contributed by atoms with Crippen LogP contribution in [0.3, 0.4) is 0 Å². The molecule has 0 aromatic carbocycles. The highest BCUT2D eigenvalue weighted by Gasteiger charge is 2.54. The van der Waals surface area contributed by atoms with E-state index in [-0.39, 0.29) is 36.1 Å². The highest BCUT2D eigenvalue weighted by Crippen LogP contribution is 2.40. The van der Waals surface area contributed by atoms with E-state index >= 15 is 0 Å². The summed E-state index contributed by atoms with van der Waals surface area (Å²) in [5.74, 6) is -2.91. The molecule has 2 aliphatic heterocycles. The normalized spacial score (nSPS) is 20.5. The second-order valence-electron chi connectivity index (χ2n) is 6.30. The van der Waals surface area contributed by atoms with Gasteiger partial charge in [-0.25, -0.2) is 9.78 Å². The number of aliphatic carboxylic acids is 1. The first-order valence-electron chi connectivity index (χ1n) is 8.88. The number of β-lactam (4-membered cyclic amide) rings is 1. The van der Waals surface area contributed by atoms with Crippen molar-refractivity contribution in [3.05, 3.63) is 40.5 Å². The number of carboxylic acids is 1. The van der Waals surface area contributed by atoms with Gasteiger partial charge in [-0.1, -0.05) is 17.8 Å². The number of hydrogen-bond donors (Lipinski definition) is 2. The molecule has 13 heteroatoms. The second-order valence-corrected chi connectivity index (χ2v) is 8.12. The van der Waals surface area contributed by atoms with Gasteiger partial charge in [-0.15, -0.1) is 23.1 Å². The molecular formula is C18H18N4O7S2. The monoisotopic (exact) mass is 466 g/mol. The lowest BCUT2D eigenvalue weighted by molar-refractivity contribution is -0.150. The van der Waals surface area contributed by atoms with Crippen molar-refractivity contribution in [2.75, 3.05) is 19.0 Å². The van der Waals surface area contributed by atoms with Gasteiger partial charge < -0.3 is 20.0 Å². The molecule has 1 aromatic rings. The molecule has 3 rings (SSSR count). The number of ether oxygens (including phenoxy) is 1. The Balaban J connectivity index is 1.76. The van der Waals surface area contributed by atoms with Crippen molar-refractivity contribution in [3.63, 3.8) is 0 Å². The number of thioether (sulfide) groups is 1. The van der Waals surface area contributed by atoms with Crippen molar-refractivity contribution in [2.24, 2.45) is 5.16 Å². The van der Waals surface area contributed by atoms with Crippen LogP contribution in [0.5, 0.6) is 0 Å². The topological polar surface area (TPSA) is 147 Å². The number of fused-ring (bicyclic) bond motifs is 1. The Kier molecular flexibility index (Phi) is 7.07. The maximum Gasteiger partial charge on any atom is 0.352 e. The molecule has 3 heterocycles. The molecule has 2 aliphatic rings. The van der Waals surface area contributed by atoms with Gasteiger partial charge in [0.1, 0.15) is 36.0 Å². The Morgan fingerprint density at radius 1 is 1.48 bits per heavy atom. The van der Waals surface area contributed by atoms with E-state index in [0.29, 0.717) is 5.57 Å². The summed E-state index contributed by atoms with van der Waals surface area (Å²) in [6.07, 6.45) is 1.46. The standard InChI is InChI=1S/C18H18N4O7S2/c1-3-4-29-21-12(11-7-30-8-19-11)15(24)20-13-16(25)22-14(18(26)27)10(5-28-9(2)23)6-31-17(13)22/h3,7-8,13,17H,1,4-6H2,2H3,(H,20,24)(H,26,27)/t13-,17-/m1/s1. The van der Waals surface area contributed by atoms with Gasteiger partial charge in [0.05, 0.1) is 5.51 Å². The minimum Gasteiger partial charge on any atom is -0.477 e. The first kappa shape index (κ1) is 22.5. The molecule has 164 valence electrons. The second kappa shape index (κ2) is 9.75. The number of esters is 1. The largest absolute Gasteiger partial charge is 0.477 e. The van der Waals surface area contributed by atoms with Gasteiger partial charge in [-0.05, 0) is 0 Å². The zero-order valence-corrected chi connectivity index (χ0v) is 17.9. The predicted octanol–water partition coefficient (Wildman–Crippen LogP) is 0.352. The van der Waals surface area contributed by atoms with Crippen LogP contribution < -0.4 is 5.32 Å². The SMILES string of the molecule is C=CCON=C(C(=O)N[C@@H]1C(=O)N2C(C(=O)O)=C(COC(C)=O)CS[C@H]12)c1cscn1. The van der Waals surface area contributed by atoms with E-state index in [1.165, 1.54) is 41.6 Å². The van der Waals surface area contributed by atoms with Gasteiger partial charge in [-0.3, -0.25) is 19.3 Å². The van der Waals surface area contributed by atoms with Gasteiger partial charge in [-0.2, -0.15) is 0 Å². The molecule has 0 bridgehead atoms. The number of oxime groups is 1. The molecule has 0 radical (unpaired) electrons. The molecule has 0 aliphatic carbocycles. The number of rotatable bonds is 9. The molecule has 0 spiro atoms. The summed E-state index contributed by atoms with van der Waals surface area (Å²) >= 11 is 2.52. The highest BCUT2D eigenvalue weighted by molar-refractivity contribution is 8.00. The Bertz CT molecular complexity index is 974. The number of nitrogens with zero attached hydrogens (tertiary/aromatic N) is 3. The van der Waals surface area contributed by atoms with Crippen molar-refractivity contribution in [3.8, 4) is 0 Å². The van der Waals surface area contributed by atoms with Crippen LogP contribution >= 0.6 is 23.1 Å². The van der Waals surface area contributed by atoms with Crippen LogP contribution in [0, 0.1) is 0 Å². The Morgan fingerprint density at radius 3 is 2.87 bits per heavy atom. The van der Waals surface area contributed by atoms with E-state index < -0.39 is 35.2 Å². The van der Waals surface area contributed by atoms with Crippen molar-refractivity contribution in [1.82, 2.24) is 15.2 Å². The first-order chi connectivity index (χ1) is 14.8. The smallest absolute Gasteiger partial charge is 0.352 e. The summed E-state index contributed by atoms with van der Waals surface area (Å²) in [4.78, 5) is 58.4. The summed E-state index contributed by atoms with van der Waals surface area (Å²) in [7, 11) is 0. The van der Waals surface area contributed by atoms with E-state index in [4.69, 9.17) is 9.57 Å². The van der Waals surface area contributed by atoms with Crippen molar-refractivity contribution in [1.29, 1.82) is 0 Å². The van der Waals surface area contributed by atoms with Crippen LogP contribution in [0.2, 0.25) is 0 Å². The molecule has 11 nitrogen and oxygen atoms in total. The van der Waals surface area contributed by atoms with Crippen LogP contribution in [-0.2, 0) is 28.8 Å². The Morgan fingerprint density at radius 2 is 2.26 bits per heavy atom. The number of carboxylic acid groups (broad SMARTS) is 1.